The van der Waals surface area contributed by atoms with Crippen LogP contribution in [-0.2, 0) is 11.3 Å². The second-order valence-electron chi connectivity index (χ2n) is 4.76. The Morgan fingerprint density at radius 2 is 2.00 bits per heavy atom. The Balaban J connectivity index is 2.01. The van der Waals surface area contributed by atoms with Crippen LogP contribution >= 0.6 is 11.6 Å². The maximum atomic E-state index is 10.9. The van der Waals surface area contributed by atoms with Crippen molar-refractivity contribution < 1.29 is 19.4 Å². The molecule has 0 saturated heterocycles. The van der Waals surface area contributed by atoms with Crippen molar-refractivity contribution in [1.29, 1.82) is 0 Å². The zero-order valence-electron chi connectivity index (χ0n) is 12.1. The molecule has 0 bridgehead atoms. The molecule has 0 aromatic heterocycles. The maximum absolute atomic E-state index is 10.9. The molecule has 2 rings (SSSR count). The van der Waals surface area contributed by atoms with Crippen molar-refractivity contribution in [2.45, 2.75) is 6.54 Å². The molecule has 0 spiro atoms. The van der Waals surface area contributed by atoms with Gasteiger partial charge in [-0.15, -0.1) is 0 Å². The van der Waals surface area contributed by atoms with Gasteiger partial charge in [-0.3, -0.25) is 4.79 Å². The van der Waals surface area contributed by atoms with Crippen molar-refractivity contribution in [1.82, 2.24) is 0 Å². The molecule has 0 radical (unpaired) electrons. The molecule has 2 aromatic carbocycles. The fourth-order valence-corrected chi connectivity index (χ4v) is 2.14. The number of hydrogen-bond donors (Lipinski definition) is 3. The Morgan fingerprint density at radius 3 is 2.65 bits per heavy atom. The minimum absolute atomic E-state index is 0.211. The molecule has 23 heavy (non-hydrogen) atoms. The van der Waals surface area contributed by atoms with Crippen molar-refractivity contribution in [2.75, 3.05) is 11.9 Å². The lowest BCUT2D eigenvalue weighted by atomic mass is 10.2. The van der Waals surface area contributed by atoms with Gasteiger partial charge in [-0.25, -0.2) is 4.79 Å². The number of nitrogens with one attached hydrogen (secondary N) is 1. The third-order valence-electron chi connectivity index (χ3n) is 2.97. The Morgan fingerprint density at radius 1 is 1.22 bits per heavy atom. The number of rotatable bonds is 7. The lowest BCUT2D eigenvalue weighted by molar-refractivity contribution is -0.119. The third kappa shape index (κ3) is 4.89. The minimum atomic E-state index is -0.979. The zero-order chi connectivity index (χ0) is 16.8. The predicted molar refractivity (Wildman–Crippen MR) is 86.9 cm³/mol. The Kier molecular flexibility index (Phi) is 5.43. The molecule has 0 aliphatic carbocycles. The van der Waals surface area contributed by atoms with E-state index in [1.165, 1.54) is 6.07 Å². The number of benzene rings is 2. The van der Waals surface area contributed by atoms with Crippen molar-refractivity contribution in [2.24, 2.45) is 5.73 Å². The average Bonchev–Trinajstić information content (AvgIpc) is 2.52. The largest absolute Gasteiger partial charge is 0.482 e. The summed E-state index contributed by atoms with van der Waals surface area (Å²) < 4.78 is 5.17. The molecular formula is C16H15ClN2O4. The molecule has 0 unspecified atom stereocenters. The highest BCUT2D eigenvalue weighted by Crippen LogP contribution is 2.26. The number of carbonyl (C=O) groups excluding carboxylic acids is 1. The van der Waals surface area contributed by atoms with E-state index in [-0.39, 0.29) is 12.2 Å². The van der Waals surface area contributed by atoms with Gasteiger partial charge in [0, 0.05) is 12.2 Å². The van der Waals surface area contributed by atoms with Crippen LogP contribution in [0.2, 0.25) is 5.02 Å². The topological polar surface area (TPSA) is 102 Å². The van der Waals surface area contributed by atoms with E-state index in [9.17, 15) is 9.59 Å². The lowest BCUT2D eigenvalue weighted by Gasteiger charge is -2.10. The van der Waals surface area contributed by atoms with E-state index < -0.39 is 11.9 Å². The van der Waals surface area contributed by atoms with Gasteiger partial charge in [0.05, 0.1) is 10.6 Å². The van der Waals surface area contributed by atoms with Crippen LogP contribution < -0.4 is 15.8 Å². The number of amides is 1. The Labute approximate surface area is 137 Å². The quantitative estimate of drug-likeness (QED) is 0.722. The standard InChI is InChI=1S/C16H15ClN2O4/c17-13-6-10(4-5-14(13)23-9-15(18)20)8-19-12-3-1-2-11(7-12)16(21)22/h1-7,19H,8-9H2,(H2,18,20)(H,21,22). The Hall–Kier alpha value is -2.73. The van der Waals surface area contributed by atoms with Gasteiger partial charge in [-0.2, -0.15) is 0 Å². The van der Waals surface area contributed by atoms with Gasteiger partial charge in [0.2, 0.25) is 0 Å². The molecule has 0 aliphatic heterocycles. The van der Waals surface area contributed by atoms with E-state index in [1.54, 1.807) is 36.4 Å². The maximum Gasteiger partial charge on any atom is 0.335 e. The molecule has 2 aromatic rings. The van der Waals surface area contributed by atoms with Crippen LogP contribution in [0.15, 0.2) is 42.5 Å². The third-order valence-corrected chi connectivity index (χ3v) is 3.27. The van der Waals surface area contributed by atoms with Crippen LogP contribution in [0.4, 0.5) is 5.69 Å². The van der Waals surface area contributed by atoms with Crippen LogP contribution in [-0.4, -0.2) is 23.6 Å². The molecule has 0 fully saturated rings. The van der Waals surface area contributed by atoms with Crippen molar-refractivity contribution >= 4 is 29.2 Å². The summed E-state index contributed by atoms with van der Waals surface area (Å²) in [6, 6.07) is 11.7. The van der Waals surface area contributed by atoms with Gasteiger partial charge in [0.25, 0.3) is 5.91 Å². The van der Waals surface area contributed by atoms with Gasteiger partial charge in [-0.1, -0.05) is 23.7 Å². The molecular weight excluding hydrogens is 320 g/mol. The second-order valence-corrected chi connectivity index (χ2v) is 5.17. The van der Waals surface area contributed by atoms with E-state index in [0.717, 1.165) is 5.56 Å². The number of carbonyl (C=O) groups is 2. The highest BCUT2D eigenvalue weighted by atomic mass is 35.5. The van der Waals surface area contributed by atoms with Crippen LogP contribution in [0.5, 0.6) is 5.75 Å². The number of hydrogen-bond acceptors (Lipinski definition) is 4. The minimum Gasteiger partial charge on any atom is -0.482 e. The fraction of sp³-hybridized carbons (Fsp3) is 0.125. The van der Waals surface area contributed by atoms with Gasteiger partial charge in [0.1, 0.15) is 5.75 Å². The first-order valence-corrected chi connectivity index (χ1v) is 7.10. The van der Waals surface area contributed by atoms with Gasteiger partial charge < -0.3 is 20.9 Å². The van der Waals surface area contributed by atoms with Crippen molar-refractivity contribution in [3.63, 3.8) is 0 Å². The summed E-state index contributed by atoms with van der Waals surface area (Å²) in [7, 11) is 0. The van der Waals surface area contributed by atoms with Crippen LogP contribution in [0.1, 0.15) is 15.9 Å². The highest BCUT2D eigenvalue weighted by Gasteiger charge is 2.06. The number of carboxylic acids is 1. The summed E-state index contributed by atoms with van der Waals surface area (Å²) in [6.07, 6.45) is 0. The lowest BCUT2D eigenvalue weighted by Crippen LogP contribution is -2.20. The normalized spacial score (nSPS) is 10.1. The van der Waals surface area contributed by atoms with Gasteiger partial charge in [-0.05, 0) is 35.9 Å². The number of aromatic carboxylic acids is 1. The summed E-state index contributed by atoms with van der Waals surface area (Å²) in [5, 5.41) is 12.4. The van der Waals surface area contributed by atoms with E-state index in [2.05, 4.69) is 5.32 Å². The molecule has 1 amide bonds. The SMILES string of the molecule is NC(=O)COc1ccc(CNc2cccc(C(=O)O)c2)cc1Cl. The van der Waals surface area contributed by atoms with Crippen molar-refractivity contribution in [3.8, 4) is 5.75 Å². The molecule has 120 valence electrons. The monoisotopic (exact) mass is 334 g/mol. The summed E-state index contributed by atoms with van der Waals surface area (Å²) >= 11 is 6.08. The zero-order valence-corrected chi connectivity index (χ0v) is 12.8. The summed E-state index contributed by atoms with van der Waals surface area (Å²) in [5.41, 5.74) is 6.79. The first-order chi connectivity index (χ1) is 11.0. The number of primary amides is 1. The number of anilines is 1. The molecule has 0 atom stereocenters. The summed E-state index contributed by atoms with van der Waals surface area (Å²) in [4.78, 5) is 21.6. The summed E-state index contributed by atoms with van der Waals surface area (Å²) in [5.74, 6) is -1.18. The molecule has 4 N–H and O–H groups in total. The van der Waals surface area contributed by atoms with E-state index in [1.807, 2.05) is 0 Å². The smallest absolute Gasteiger partial charge is 0.335 e. The number of ether oxygens (including phenoxy) is 1. The first kappa shape index (κ1) is 16.6. The second kappa shape index (κ2) is 7.51. The first-order valence-electron chi connectivity index (χ1n) is 6.72. The average molecular weight is 335 g/mol. The molecule has 7 heteroatoms. The van der Waals surface area contributed by atoms with E-state index in [0.29, 0.717) is 23.0 Å². The van der Waals surface area contributed by atoms with Gasteiger partial charge in [0.15, 0.2) is 6.61 Å². The molecule has 0 saturated carbocycles. The summed E-state index contributed by atoms with van der Waals surface area (Å²) in [6.45, 7) is 0.220. The fourth-order valence-electron chi connectivity index (χ4n) is 1.89. The molecule has 6 nitrogen and oxygen atoms in total. The van der Waals surface area contributed by atoms with Crippen LogP contribution in [0, 0.1) is 0 Å². The predicted octanol–water partition coefficient (Wildman–Crippen LogP) is 2.51. The number of nitrogens with two attached hydrogens (primary N) is 1. The highest BCUT2D eigenvalue weighted by molar-refractivity contribution is 6.32. The van der Waals surface area contributed by atoms with E-state index in [4.69, 9.17) is 27.2 Å². The van der Waals surface area contributed by atoms with Crippen LogP contribution in [0.25, 0.3) is 0 Å². The Bertz CT molecular complexity index is 734. The number of carboxylic acid groups (broad SMARTS) is 1. The molecule has 0 aliphatic rings. The van der Waals surface area contributed by atoms with Crippen LogP contribution in [0.3, 0.4) is 0 Å². The number of halogens is 1. The van der Waals surface area contributed by atoms with Gasteiger partial charge >= 0.3 is 5.97 Å². The van der Waals surface area contributed by atoms with Crippen molar-refractivity contribution in [3.05, 3.63) is 58.6 Å². The molecule has 0 heterocycles. The van der Waals surface area contributed by atoms with E-state index >= 15 is 0 Å².